The van der Waals surface area contributed by atoms with Crippen molar-refractivity contribution in [2.24, 2.45) is 5.92 Å². The molecule has 0 aliphatic carbocycles. The van der Waals surface area contributed by atoms with Crippen LogP contribution in [0.3, 0.4) is 0 Å². The summed E-state index contributed by atoms with van der Waals surface area (Å²) in [7, 11) is 0. The Morgan fingerprint density at radius 1 is 1.25 bits per heavy atom. The molecule has 96 valence electrons. The van der Waals surface area contributed by atoms with Gasteiger partial charge in [0.15, 0.2) is 0 Å². The minimum atomic E-state index is 0. The molecule has 3 heteroatoms. The fourth-order valence-corrected chi connectivity index (χ4v) is 1.86. The first-order chi connectivity index (χ1) is 7.29. The molecule has 2 fully saturated rings. The van der Waals surface area contributed by atoms with Crippen molar-refractivity contribution in [3.8, 4) is 0 Å². The molecule has 0 unspecified atom stereocenters. The zero-order valence-electron chi connectivity index (χ0n) is 10.1. The van der Waals surface area contributed by atoms with Crippen LogP contribution in [0, 0.1) is 5.92 Å². The summed E-state index contributed by atoms with van der Waals surface area (Å²) in [5.74, 6) is 0.731. The van der Waals surface area contributed by atoms with Crippen LogP contribution in [0.4, 0.5) is 0 Å². The van der Waals surface area contributed by atoms with E-state index < -0.39 is 0 Å². The SMILES string of the molecule is C.CCC.O=C(C1CCNCC1)N1CCC1. The molecule has 0 aromatic rings. The standard InChI is InChI=1S/C9H16N2O.C3H8.CH4/c12-9(11-6-1-7-11)8-2-4-10-5-3-8;1-3-2;/h8,10H,1-7H2;3H2,1-2H3;1H4. The van der Waals surface area contributed by atoms with Gasteiger partial charge >= 0.3 is 0 Å². The highest BCUT2D eigenvalue weighted by Gasteiger charge is 2.28. The van der Waals surface area contributed by atoms with Gasteiger partial charge in [-0.3, -0.25) is 4.79 Å². The minimum absolute atomic E-state index is 0. The normalized spacial score (nSPS) is 20.0. The molecule has 2 rings (SSSR count). The summed E-state index contributed by atoms with van der Waals surface area (Å²) in [5, 5.41) is 3.27. The Labute approximate surface area is 101 Å². The summed E-state index contributed by atoms with van der Waals surface area (Å²) in [6, 6.07) is 0. The first-order valence-corrected chi connectivity index (χ1v) is 6.29. The number of hydrogen-bond donors (Lipinski definition) is 1. The molecule has 0 bridgehead atoms. The van der Waals surface area contributed by atoms with Gasteiger partial charge in [-0.25, -0.2) is 0 Å². The van der Waals surface area contributed by atoms with Crippen molar-refractivity contribution in [3.63, 3.8) is 0 Å². The van der Waals surface area contributed by atoms with Crippen molar-refractivity contribution in [2.75, 3.05) is 26.2 Å². The van der Waals surface area contributed by atoms with Gasteiger partial charge in [0, 0.05) is 19.0 Å². The van der Waals surface area contributed by atoms with Crippen molar-refractivity contribution < 1.29 is 4.79 Å². The average molecular weight is 228 g/mol. The molecule has 2 saturated heterocycles. The highest BCUT2D eigenvalue weighted by atomic mass is 16.2. The first-order valence-electron chi connectivity index (χ1n) is 6.29. The number of hydrogen-bond acceptors (Lipinski definition) is 2. The van der Waals surface area contributed by atoms with E-state index in [2.05, 4.69) is 19.2 Å². The molecule has 0 saturated carbocycles. The van der Waals surface area contributed by atoms with E-state index in [-0.39, 0.29) is 7.43 Å². The zero-order chi connectivity index (χ0) is 11.1. The Morgan fingerprint density at radius 3 is 2.12 bits per heavy atom. The van der Waals surface area contributed by atoms with Gasteiger partial charge in [-0.2, -0.15) is 0 Å². The minimum Gasteiger partial charge on any atom is -0.342 e. The molecule has 2 aliphatic rings. The van der Waals surface area contributed by atoms with Gasteiger partial charge in [0.25, 0.3) is 0 Å². The van der Waals surface area contributed by atoms with Gasteiger partial charge in [-0.15, -0.1) is 0 Å². The topological polar surface area (TPSA) is 32.3 Å². The van der Waals surface area contributed by atoms with E-state index in [9.17, 15) is 4.79 Å². The molecule has 0 aromatic carbocycles. The van der Waals surface area contributed by atoms with Crippen LogP contribution >= 0.6 is 0 Å². The van der Waals surface area contributed by atoms with Crippen LogP contribution in [0.15, 0.2) is 0 Å². The van der Waals surface area contributed by atoms with Crippen molar-refractivity contribution in [1.29, 1.82) is 0 Å². The number of piperidine rings is 1. The predicted octanol–water partition coefficient (Wildman–Crippen LogP) is 2.27. The predicted molar refractivity (Wildman–Crippen MR) is 69.5 cm³/mol. The molecule has 1 N–H and O–H groups in total. The second kappa shape index (κ2) is 8.57. The van der Waals surface area contributed by atoms with E-state index in [1.54, 1.807) is 0 Å². The summed E-state index contributed by atoms with van der Waals surface area (Å²) in [5.41, 5.74) is 0. The van der Waals surface area contributed by atoms with Crippen LogP contribution in [0.25, 0.3) is 0 Å². The molecule has 0 atom stereocenters. The smallest absolute Gasteiger partial charge is 0.225 e. The number of carbonyl (C=O) groups excluding carboxylic acids is 1. The average Bonchev–Trinajstić information content (AvgIpc) is 2.18. The van der Waals surface area contributed by atoms with Gasteiger partial charge < -0.3 is 10.2 Å². The molecular weight excluding hydrogens is 200 g/mol. The highest BCUT2D eigenvalue weighted by Crippen LogP contribution is 2.18. The lowest BCUT2D eigenvalue weighted by molar-refractivity contribution is -0.139. The Morgan fingerprint density at radius 2 is 1.75 bits per heavy atom. The van der Waals surface area contributed by atoms with Crippen LogP contribution in [0.5, 0.6) is 0 Å². The summed E-state index contributed by atoms with van der Waals surface area (Å²) in [6.07, 6.45) is 4.53. The van der Waals surface area contributed by atoms with Gasteiger partial charge in [0.2, 0.25) is 5.91 Å². The molecule has 0 spiro atoms. The number of rotatable bonds is 1. The first kappa shape index (κ1) is 15.4. The Kier molecular flexibility index (Phi) is 8.26. The Hall–Kier alpha value is -0.570. The molecule has 0 radical (unpaired) electrons. The van der Waals surface area contributed by atoms with Crippen LogP contribution in [0.1, 0.15) is 47.0 Å². The van der Waals surface area contributed by atoms with E-state index in [1.165, 1.54) is 12.8 Å². The maximum atomic E-state index is 11.7. The lowest BCUT2D eigenvalue weighted by atomic mass is 9.95. The summed E-state index contributed by atoms with van der Waals surface area (Å²) in [6.45, 7) is 8.29. The second-order valence-corrected chi connectivity index (χ2v) is 4.41. The number of nitrogens with zero attached hydrogens (tertiary/aromatic N) is 1. The van der Waals surface area contributed by atoms with E-state index in [1.807, 2.05) is 4.90 Å². The Balaban J connectivity index is 0.000000511. The van der Waals surface area contributed by atoms with Crippen LogP contribution in [0.2, 0.25) is 0 Å². The van der Waals surface area contributed by atoms with Gasteiger partial charge in [-0.05, 0) is 32.4 Å². The molecule has 2 heterocycles. The molecular formula is C13H28N2O. The fourth-order valence-electron chi connectivity index (χ4n) is 1.86. The summed E-state index contributed by atoms with van der Waals surface area (Å²) in [4.78, 5) is 13.7. The van der Waals surface area contributed by atoms with Crippen molar-refractivity contribution in [3.05, 3.63) is 0 Å². The number of likely N-dealkylation sites (tertiary alicyclic amines) is 1. The largest absolute Gasteiger partial charge is 0.342 e. The van der Waals surface area contributed by atoms with Crippen LogP contribution in [-0.2, 0) is 4.79 Å². The molecule has 2 aliphatic heterocycles. The third kappa shape index (κ3) is 4.52. The molecule has 3 nitrogen and oxygen atoms in total. The van der Waals surface area contributed by atoms with Gasteiger partial charge in [0.05, 0.1) is 0 Å². The molecule has 1 amide bonds. The fraction of sp³-hybridized carbons (Fsp3) is 0.923. The Bertz CT molecular complexity index is 184. The van der Waals surface area contributed by atoms with E-state index in [4.69, 9.17) is 0 Å². The number of carbonyl (C=O) groups is 1. The molecule has 16 heavy (non-hydrogen) atoms. The lowest BCUT2D eigenvalue weighted by Gasteiger charge is -2.35. The number of amides is 1. The lowest BCUT2D eigenvalue weighted by Crippen LogP contribution is -2.47. The van der Waals surface area contributed by atoms with Crippen molar-refractivity contribution in [2.45, 2.75) is 47.0 Å². The van der Waals surface area contributed by atoms with E-state index >= 15 is 0 Å². The maximum Gasteiger partial charge on any atom is 0.225 e. The van der Waals surface area contributed by atoms with Gasteiger partial charge in [-0.1, -0.05) is 27.7 Å². The van der Waals surface area contributed by atoms with Crippen LogP contribution < -0.4 is 5.32 Å². The third-order valence-electron chi connectivity index (χ3n) is 2.86. The van der Waals surface area contributed by atoms with Crippen LogP contribution in [-0.4, -0.2) is 37.0 Å². The summed E-state index contributed by atoms with van der Waals surface area (Å²) >= 11 is 0. The van der Waals surface area contributed by atoms with E-state index in [0.29, 0.717) is 11.8 Å². The van der Waals surface area contributed by atoms with Crippen molar-refractivity contribution in [1.82, 2.24) is 10.2 Å². The molecule has 0 aromatic heterocycles. The maximum absolute atomic E-state index is 11.7. The zero-order valence-corrected chi connectivity index (χ0v) is 10.1. The quantitative estimate of drug-likeness (QED) is 0.746. The van der Waals surface area contributed by atoms with Crippen molar-refractivity contribution >= 4 is 5.91 Å². The summed E-state index contributed by atoms with van der Waals surface area (Å²) < 4.78 is 0. The monoisotopic (exact) mass is 228 g/mol. The second-order valence-electron chi connectivity index (χ2n) is 4.41. The number of nitrogens with one attached hydrogen (secondary N) is 1. The van der Waals surface area contributed by atoms with E-state index in [0.717, 1.165) is 39.0 Å². The van der Waals surface area contributed by atoms with Gasteiger partial charge in [0.1, 0.15) is 0 Å². The third-order valence-corrected chi connectivity index (χ3v) is 2.86. The highest BCUT2D eigenvalue weighted by molar-refractivity contribution is 5.79.